The molecule has 0 aliphatic heterocycles. The second-order valence-electron chi connectivity index (χ2n) is 19.2. The standard InChI is InChI=1S/4C14H16N2O.2C3H7NO.4Cu.4N3/c4*1-10(15)8-16-9-13-12-5-3-2-4-11(12)6-7-14(13)17;2*1-4(2)3-5;;;;;4*1-3-2/h4*2-7,9-10,17H,8,15H2,1H3;2*3H,1-2H3;;;;;;;;/q;;;;;;4*+2;4*-1/p-4/t4*10-;;;;;;;;;;/m1100........../s1. The van der Waals surface area contributed by atoms with Gasteiger partial charge in [0.15, 0.2) is 0 Å². The molecule has 0 aliphatic rings. The van der Waals surface area contributed by atoms with Gasteiger partial charge < -0.3 is 97.4 Å². The Bertz CT molecular complexity index is 3220. The Morgan fingerprint density at radius 1 is 0.351 bits per heavy atom. The van der Waals surface area contributed by atoms with Gasteiger partial charge in [0.25, 0.3) is 0 Å². The van der Waals surface area contributed by atoms with Crippen LogP contribution in [-0.4, -0.2) is 126 Å². The number of aliphatic imine (C=N–C) groups is 4. The van der Waals surface area contributed by atoms with Crippen LogP contribution in [0.3, 0.4) is 0 Å². The Morgan fingerprint density at radius 2 is 0.500 bits per heavy atom. The first-order chi connectivity index (χ1) is 42.9. The van der Waals surface area contributed by atoms with Crippen molar-refractivity contribution in [1.82, 2.24) is 9.80 Å². The summed E-state index contributed by atoms with van der Waals surface area (Å²) in [5.41, 5.74) is 79.0. The molecule has 0 bridgehead atoms. The van der Waals surface area contributed by atoms with Crippen molar-refractivity contribution in [2.75, 3.05) is 54.4 Å². The van der Waals surface area contributed by atoms with Crippen molar-refractivity contribution >= 4 is 80.8 Å². The van der Waals surface area contributed by atoms with Crippen molar-refractivity contribution < 1.29 is 98.3 Å². The van der Waals surface area contributed by atoms with Crippen LogP contribution >= 0.6 is 0 Å². The number of carbonyl (C=O) groups is 2. The first kappa shape index (κ1) is 95.9. The van der Waals surface area contributed by atoms with Gasteiger partial charge in [-0.05, 0) is 93.0 Å². The van der Waals surface area contributed by atoms with E-state index in [0.717, 1.165) is 55.9 Å². The molecule has 32 heteroatoms. The summed E-state index contributed by atoms with van der Waals surface area (Å²) in [7, 11) is 6.75. The molecule has 0 saturated heterocycles. The van der Waals surface area contributed by atoms with E-state index in [1.54, 1.807) is 77.3 Å². The molecular formula is C62H74Cu4N22O6. The molecule has 0 aromatic heterocycles. The number of hydrogen-bond donors (Lipinski definition) is 4. The van der Waals surface area contributed by atoms with Crippen molar-refractivity contribution in [1.29, 1.82) is 0 Å². The van der Waals surface area contributed by atoms with Crippen LogP contribution in [0.1, 0.15) is 49.9 Å². The van der Waals surface area contributed by atoms with Gasteiger partial charge in [0, 0.05) is 77.2 Å². The molecule has 0 heterocycles. The van der Waals surface area contributed by atoms with E-state index in [9.17, 15) is 30.0 Å². The van der Waals surface area contributed by atoms with E-state index < -0.39 is 0 Å². The number of amides is 2. The van der Waals surface area contributed by atoms with Crippen LogP contribution in [0.5, 0.6) is 23.0 Å². The number of fused-ring (bicyclic) bond motifs is 4. The fourth-order valence-corrected chi connectivity index (χ4v) is 6.88. The van der Waals surface area contributed by atoms with E-state index in [1.165, 1.54) is 29.4 Å². The van der Waals surface area contributed by atoms with Crippen LogP contribution in [0, 0.1) is 0 Å². The van der Waals surface area contributed by atoms with E-state index in [2.05, 4.69) is 20.0 Å². The fraction of sp³-hybridized carbons (Fsp3) is 0.258. The summed E-state index contributed by atoms with van der Waals surface area (Å²) in [6, 6.07) is 44.9. The predicted octanol–water partition coefficient (Wildman–Crippen LogP) is 9.58. The third kappa shape index (κ3) is 42.0. The maximum Gasteiger partial charge on any atom is 2.00 e. The number of carbonyl (C=O) groups excluding carboxylic acids is 2. The second kappa shape index (κ2) is 58.8. The molecule has 4 atom stereocenters. The normalized spacial score (nSPS) is 10.7. The van der Waals surface area contributed by atoms with Crippen molar-refractivity contribution in [3.8, 4) is 23.0 Å². The molecule has 8 aromatic rings. The number of hydrogen-bond acceptors (Lipinski definition) is 14. The van der Waals surface area contributed by atoms with E-state index in [-0.39, 0.29) is 115 Å². The molecule has 94 heavy (non-hydrogen) atoms. The van der Waals surface area contributed by atoms with Crippen LogP contribution in [0.2, 0.25) is 0 Å². The predicted molar refractivity (Wildman–Crippen MR) is 358 cm³/mol. The van der Waals surface area contributed by atoms with Crippen LogP contribution < -0.4 is 43.4 Å². The monoisotopic (exact) mass is 1470 g/mol. The third-order valence-electron chi connectivity index (χ3n) is 10.6. The van der Waals surface area contributed by atoms with Crippen molar-refractivity contribution in [3.63, 3.8) is 0 Å². The summed E-state index contributed by atoms with van der Waals surface area (Å²) in [5.74, 6) is -0.0107. The molecule has 0 fully saturated rings. The van der Waals surface area contributed by atoms with Gasteiger partial charge in [-0.1, -0.05) is 169 Å². The van der Waals surface area contributed by atoms with Gasteiger partial charge in [0.05, 0.1) is 26.2 Å². The zero-order chi connectivity index (χ0) is 68.4. The average Bonchev–Trinajstić information content (AvgIpc) is 0.871. The topological polar surface area (TPSA) is 521 Å². The van der Waals surface area contributed by atoms with Crippen LogP contribution in [0.25, 0.3) is 107 Å². The molecule has 8 rings (SSSR count). The summed E-state index contributed by atoms with van der Waals surface area (Å²) < 4.78 is 0. The quantitative estimate of drug-likeness (QED) is 0.0199. The van der Waals surface area contributed by atoms with Crippen LogP contribution in [-0.2, 0) is 77.9 Å². The molecule has 0 saturated carbocycles. The summed E-state index contributed by atoms with van der Waals surface area (Å²) in [6.07, 6.45) is 8.03. The minimum atomic E-state index is -0.00266. The molecule has 4 radical (unpaired) electrons. The Kier molecular flexibility index (Phi) is 60.0. The fourth-order valence-electron chi connectivity index (χ4n) is 6.88. The van der Waals surface area contributed by atoms with Gasteiger partial charge in [0.1, 0.15) is 0 Å². The summed E-state index contributed by atoms with van der Waals surface area (Å²) >= 11 is 0. The summed E-state index contributed by atoms with van der Waals surface area (Å²) in [6.45, 7) is 9.67. The van der Waals surface area contributed by atoms with Crippen molar-refractivity contribution in [2.24, 2.45) is 42.9 Å². The number of rotatable bonds is 14. The van der Waals surface area contributed by atoms with Gasteiger partial charge in [0.2, 0.25) is 12.8 Å². The molecule has 512 valence electrons. The van der Waals surface area contributed by atoms with Crippen LogP contribution in [0.4, 0.5) is 0 Å². The van der Waals surface area contributed by atoms with Gasteiger partial charge in [-0.15, -0.1) is 0 Å². The van der Waals surface area contributed by atoms with E-state index in [1.807, 2.05) is 149 Å². The van der Waals surface area contributed by atoms with Crippen molar-refractivity contribution in [2.45, 2.75) is 51.9 Å². The van der Waals surface area contributed by atoms with E-state index >= 15 is 0 Å². The molecule has 2 amide bonds. The first-order valence-electron chi connectivity index (χ1n) is 26.9. The molecule has 0 unspecified atom stereocenters. The maximum atomic E-state index is 11.8. The molecular weight excluding hydrogens is 1400 g/mol. The molecule has 8 N–H and O–H groups in total. The summed E-state index contributed by atoms with van der Waals surface area (Å²) in [4.78, 5) is 44.6. The van der Waals surface area contributed by atoms with E-state index in [0.29, 0.717) is 48.4 Å². The van der Waals surface area contributed by atoms with E-state index in [4.69, 9.17) is 67.2 Å². The zero-order valence-corrected chi connectivity index (χ0v) is 56.2. The Balaban J connectivity index is -0.000000245. The number of nitrogens with zero attached hydrogens (tertiary/aromatic N) is 18. The van der Waals surface area contributed by atoms with Gasteiger partial charge in [-0.25, -0.2) is 0 Å². The molecule has 0 spiro atoms. The first-order valence-corrected chi connectivity index (χ1v) is 26.9. The second-order valence-corrected chi connectivity index (χ2v) is 19.2. The van der Waals surface area contributed by atoms with Gasteiger partial charge in [-0.2, -0.15) is 0 Å². The Hall–Kier alpha value is -9.22. The molecule has 0 aliphatic carbocycles. The Labute approximate surface area is 588 Å². The number of nitrogens with two attached hydrogens (primary N) is 4. The minimum Gasteiger partial charge on any atom is -0.872 e. The summed E-state index contributed by atoms with van der Waals surface area (Å²) in [5, 5.41) is 55.1. The third-order valence-corrected chi connectivity index (χ3v) is 10.6. The van der Waals surface area contributed by atoms with Crippen molar-refractivity contribution in [3.05, 3.63) is 232 Å². The largest absolute Gasteiger partial charge is 2.00 e. The average molecular weight is 1480 g/mol. The van der Waals surface area contributed by atoms with Gasteiger partial charge >= 0.3 is 68.3 Å². The maximum absolute atomic E-state index is 11.8. The Morgan fingerprint density at radius 3 is 0.638 bits per heavy atom. The number of benzene rings is 8. The van der Waals surface area contributed by atoms with Crippen LogP contribution in [0.15, 0.2) is 166 Å². The minimum absolute atomic E-state index is 0. The van der Waals surface area contributed by atoms with Gasteiger partial charge in [-0.3, -0.25) is 49.2 Å². The SMILES string of the molecule is CN(C)C=O.CN(C)C=O.C[C@@H](N)CN=Cc1c([O-])ccc2ccccc12.C[C@@H](N)CN=Cc1c([O-])ccc2ccccc12.C[C@H](N)CN=Cc1c([O-])ccc2ccccc12.C[C@H](N)CN=Cc1c([O-])ccc2ccccc12.[Cu+2].[Cu+2].[Cu+2].[Cu+2].[N-]=[N+]=[N-].[N-]=[N+]=[N-].[N-]=[N+]=[N-].[N-]=[N+]=[N-]. The molecule has 28 nitrogen and oxygen atoms in total. The molecule has 8 aromatic carbocycles. The zero-order valence-electron chi connectivity index (χ0n) is 52.5. The smallest absolute Gasteiger partial charge is 0.872 e.